The summed E-state index contributed by atoms with van der Waals surface area (Å²) in [5, 5.41) is 42.1. The van der Waals surface area contributed by atoms with Crippen molar-refractivity contribution in [2.75, 3.05) is 32.7 Å². The lowest BCUT2D eigenvalue weighted by atomic mass is 9.76. The molecule has 1 saturated heterocycles. The van der Waals surface area contributed by atoms with E-state index in [0.717, 1.165) is 74.2 Å². The van der Waals surface area contributed by atoms with Crippen LogP contribution in [0.4, 0.5) is 0 Å². The summed E-state index contributed by atoms with van der Waals surface area (Å²) in [6, 6.07) is 28.3. The maximum atomic E-state index is 13.3. The molecule has 3 unspecified atom stereocenters. The number of thiophene rings is 1. The first kappa shape index (κ1) is 39.4. The highest BCUT2D eigenvalue weighted by atomic mass is 32.1. The number of rotatable bonds is 17. The van der Waals surface area contributed by atoms with Crippen molar-refractivity contribution in [1.29, 1.82) is 0 Å². The van der Waals surface area contributed by atoms with Crippen LogP contribution < -0.4 is 21.5 Å². The second kappa shape index (κ2) is 18.0. The van der Waals surface area contributed by atoms with Crippen LogP contribution >= 0.6 is 11.3 Å². The molecule has 0 radical (unpaired) electrons. The van der Waals surface area contributed by atoms with Gasteiger partial charge in [0.05, 0.1) is 16.5 Å². The Labute approximate surface area is 330 Å². The predicted molar refractivity (Wildman–Crippen MR) is 219 cm³/mol. The van der Waals surface area contributed by atoms with Crippen LogP contribution in [-0.4, -0.2) is 69.8 Å². The first-order valence-corrected chi connectivity index (χ1v) is 20.5. The number of benzene rings is 3. The number of phenolic OH excluding ortho intramolecular Hbond substituents is 1. The molecule has 7 N–H and O–H groups in total. The van der Waals surface area contributed by atoms with Gasteiger partial charge in [0.1, 0.15) is 11.3 Å². The van der Waals surface area contributed by atoms with Gasteiger partial charge in [-0.1, -0.05) is 60.7 Å². The molecule has 56 heavy (non-hydrogen) atoms. The lowest BCUT2D eigenvalue weighted by molar-refractivity contribution is -0.148. The number of unbranched alkanes of at least 4 members (excludes halogenated alkanes) is 1. The van der Waals surface area contributed by atoms with Crippen molar-refractivity contribution in [2.45, 2.75) is 63.3 Å². The molecule has 12 heteroatoms. The van der Waals surface area contributed by atoms with Crippen LogP contribution in [0, 0.1) is 11.8 Å². The van der Waals surface area contributed by atoms with E-state index in [1.807, 2.05) is 30.3 Å². The summed E-state index contributed by atoms with van der Waals surface area (Å²) in [6.07, 6.45) is 4.38. The first-order valence-electron chi connectivity index (χ1n) is 19.6. The summed E-state index contributed by atoms with van der Waals surface area (Å²) in [5.41, 5.74) is 2.64. The van der Waals surface area contributed by atoms with Gasteiger partial charge >= 0.3 is 5.97 Å². The minimum atomic E-state index is -1.20. The summed E-state index contributed by atoms with van der Waals surface area (Å²) in [4.78, 5) is 44.7. The Bertz CT molecular complexity index is 2180. The Kier molecular flexibility index (Phi) is 12.6. The van der Waals surface area contributed by atoms with Crippen molar-refractivity contribution in [3.05, 3.63) is 133 Å². The van der Waals surface area contributed by atoms with Crippen molar-refractivity contribution in [1.82, 2.24) is 25.8 Å². The summed E-state index contributed by atoms with van der Waals surface area (Å²) < 4.78 is 0. The number of pyridine rings is 1. The third-order valence-corrected chi connectivity index (χ3v) is 12.6. The number of hydrogen-bond donors (Lipinski definition) is 7. The van der Waals surface area contributed by atoms with E-state index in [4.69, 9.17) is 0 Å². The second-order valence-electron chi connectivity index (χ2n) is 15.2. The Morgan fingerprint density at radius 2 is 1.70 bits per heavy atom. The number of aliphatic carboxylic acids is 1. The lowest BCUT2D eigenvalue weighted by Gasteiger charge is -2.38. The van der Waals surface area contributed by atoms with E-state index >= 15 is 0 Å². The zero-order valence-corrected chi connectivity index (χ0v) is 32.3. The SMILES string of the molecule is O=C(NCCCCNCC(O)c1ccc(O)c2[nH]c(=O)ccc12)c1ccc(CNC2(C(=O)O)c3ccccc3CC2CC2CCN(Cc3ccccc3)CC2)s1. The van der Waals surface area contributed by atoms with E-state index in [1.54, 1.807) is 18.2 Å². The molecule has 0 spiro atoms. The zero-order chi connectivity index (χ0) is 39.1. The van der Waals surface area contributed by atoms with Crippen LogP contribution in [0.1, 0.15) is 75.0 Å². The second-order valence-corrected chi connectivity index (χ2v) is 16.4. The lowest BCUT2D eigenvalue weighted by Crippen LogP contribution is -2.53. The number of piperidine rings is 1. The molecule has 0 saturated carbocycles. The molecular formula is C44H51N5O6S. The van der Waals surface area contributed by atoms with E-state index in [0.29, 0.717) is 53.4 Å². The number of nitrogens with one attached hydrogen (secondary N) is 4. The highest BCUT2D eigenvalue weighted by Gasteiger charge is 2.53. The van der Waals surface area contributed by atoms with Gasteiger partial charge in [-0.2, -0.15) is 0 Å². The van der Waals surface area contributed by atoms with E-state index in [1.165, 1.54) is 29.0 Å². The van der Waals surface area contributed by atoms with Gasteiger partial charge in [-0.3, -0.25) is 19.8 Å². The molecule has 0 bridgehead atoms. The molecule has 1 aliphatic heterocycles. The maximum Gasteiger partial charge on any atom is 0.328 e. The fourth-order valence-electron chi connectivity index (χ4n) is 8.59. The largest absolute Gasteiger partial charge is 0.506 e. The molecule has 3 heterocycles. The Morgan fingerprint density at radius 1 is 0.929 bits per heavy atom. The van der Waals surface area contributed by atoms with Gasteiger partial charge < -0.3 is 30.9 Å². The number of aromatic hydroxyl groups is 1. The van der Waals surface area contributed by atoms with Crippen molar-refractivity contribution >= 4 is 34.1 Å². The standard InChI is InChI=1S/C44H51N5O6S/c50-37-15-13-34(35-14-17-40(52)48-41(35)37)38(51)27-45-20-6-7-21-46-42(53)39-16-12-33(56-39)26-47-44(43(54)55)32(25-31-10-4-5-11-36(31)44)24-29-18-22-49(23-19-29)28-30-8-2-1-3-9-30/h1-5,8-17,29,32,38,45,47,50-51H,6-7,18-28H2,(H,46,53)(H,48,52)(H,54,55). The Morgan fingerprint density at radius 3 is 2.50 bits per heavy atom. The molecule has 7 rings (SSSR count). The van der Waals surface area contributed by atoms with Gasteiger partial charge in [-0.25, -0.2) is 4.79 Å². The quantitative estimate of drug-likeness (QED) is 0.0589. The first-order chi connectivity index (χ1) is 27.2. The Balaban J connectivity index is 0.876. The molecule has 2 aliphatic rings. The van der Waals surface area contributed by atoms with Gasteiger partial charge in [0, 0.05) is 42.5 Å². The number of carboxylic acid groups (broad SMARTS) is 1. The molecule has 5 aromatic rings. The fourth-order valence-corrected chi connectivity index (χ4v) is 9.46. The molecule has 294 valence electrons. The number of carboxylic acids is 1. The molecular weight excluding hydrogens is 727 g/mol. The summed E-state index contributed by atoms with van der Waals surface area (Å²) >= 11 is 1.38. The monoisotopic (exact) mass is 777 g/mol. The van der Waals surface area contributed by atoms with E-state index in [9.17, 15) is 29.7 Å². The minimum Gasteiger partial charge on any atom is -0.506 e. The number of amides is 1. The van der Waals surface area contributed by atoms with E-state index in [2.05, 4.69) is 56.2 Å². The van der Waals surface area contributed by atoms with Gasteiger partial charge in [0.2, 0.25) is 5.56 Å². The summed E-state index contributed by atoms with van der Waals surface area (Å²) in [5.74, 6) is -0.674. The highest BCUT2D eigenvalue weighted by molar-refractivity contribution is 7.14. The van der Waals surface area contributed by atoms with Crippen molar-refractivity contribution < 1.29 is 24.9 Å². The zero-order valence-electron chi connectivity index (χ0n) is 31.5. The van der Waals surface area contributed by atoms with Crippen molar-refractivity contribution in [2.24, 2.45) is 11.8 Å². The predicted octanol–water partition coefficient (Wildman–Crippen LogP) is 5.67. The van der Waals surface area contributed by atoms with E-state index < -0.39 is 17.6 Å². The minimum absolute atomic E-state index is 0.0497. The third kappa shape index (κ3) is 8.90. The topological polar surface area (TPSA) is 167 Å². The van der Waals surface area contributed by atoms with Crippen LogP contribution in [0.25, 0.3) is 10.9 Å². The normalized spacial score (nSPS) is 19.2. The number of aromatic nitrogens is 1. The molecule has 3 atom stereocenters. The average Bonchev–Trinajstić information content (AvgIpc) is 3.81. The van der Waals surface area contributed by atoms with Crippen LogP contribution in [-0.2, 0) is 29.8 Å². The highest BCUT2D eigenvalue weighted by Crippen LogP contribution is 2.46. The van der Waals surface area contributed by atoms with Crippen LogP contribution in [0.15, 0.2) is 95.8 Å². The van der Waals surface area contributed by atoms with Gasteiger partial charge in [0.15, 0.2) is 0 Å². The number of aliphatic hydroxyl groups excluding tert-OH is 1. The summed E-state index contributed by atoms with van der Waals surface area (Å²) in [6.45, 7) is 4.75. The van der Waals surface area contributed by atoms with Crippen LogP contribution in [0.5, 0.6) is 5.75 Å². The number of carbonyl (C=O) groups is 2. The number of H-pyrrole nitrogens is 1. The smallest absolute Gasteiger partial charge is 0.328 e. The van der Waals surface area contributed by atoms with Gasteiger partial charge in [-0.15, -0.1) is 11.3 Å². The van der Waals surface area contributed by atoms with Crippen molar-refractivity contribution in [3.8, 4) is 5.75 Å². The summed E-state index contributed by atoms with van der Waals surface area (Å²) in [7, 11) is 0. The van der Waals surface area contributed by atoms with Crippen LogP contribution in [0.3, 0.4) is 0 Å². The number of aromatic amines is 1. The molecule has 1 fully saturated rings. The van der Waals surface area contributed by atoms with Crippen molar-refractivity contribution in [3.63, 3.8) is 0 Å². The molecule has 1 aliphatic carbocycles. The molecule has 1 amide bonds. The molecule has 2 aromatic heterocycles. The maximum absolute atomic E-state index is 13.3. The number of likely N-dealkylation sites (tertiary alicyclic amines) is 1. The number of fused-ring (bicyclic) bond motifs is 2. The number of phenols is 1. The number of carbonyl (C=O) groups excluding carboxylic acids is 1. The van der Waals surface area contributed by atoms with Gasteiger partial charge in [0.25, 0.3) is 5.91 Å². The number of nitrogens with zero attached hydrogens (tertiary/aromatic N) is 1. The van der Waals surface area contributed by atoms with Gasteiger partial charge in [-0.05, 0) is 117 Å². The Hall–Kier alpha value is -4.85. The molecule has 11 nitrogen and oxygen atoms in total. The van der Waals surface area contributed by atoms with Crippen LogP contribution in [0.2, 0.25) is 0 Å². The number of hydrogen-bond acceptors (Lipinski definition) is 9. The molecule has 3 aromatic carbocycles. The fraction of sp³-hybridized carbons (Fsp3) is 0.386. The average molecular weight is 778 g/mol. The third-order valence-electron chi connectivity index (χ3n) is 11.5. The number of aliphatic hydroxyl groups is 1. The van der Waals surface area contributed by atoms with E-state index in [-0.39, 0.29) is 23.1 Å².